The zero-order chi connectivity index (χ0) is 16.3. The summed E-state index contributed by atoms with van der Waals surface area (Å²) < 4.78 is 19.1. The van der Waals surface area contributed by atoms with Gasteiger partial charge in [-0.25, -0.2) is 4.39 Å². The lowest BCUT2D eigenvalue weighted by Crippen LogP contribution is -2.42. The molecule has 6 heteroatoms. The number of carbonyl (C=O) groups excluding carboxylic acids is 1. The number of carboxylic acids is 1. The van der Waals surface area contributed by atoms with E-state index in [9.17, 15) is 19.1 Å². The quantitative estimate of drug-likeness (QED) is 0.906. The fourth-order valence-corrected chi connectivity index (χ4v) is 2.53. The van der Waals surface area contributed by atoms with Crippen molar-refractivity contribution in [1.29, 1.82) is 0 Å². The van der Waals surface area contributed by atoms with Gasteiger partial charge in [-0.3, -0.25) is 9.59 Å². The maximum absolute atomic E-state index is 13.6. The first-order chi connectivity index (χ1) is 10.4. The number of para-hydroxylation sites is 1. The van der Waals surface area contributed by atoms with Crippen molar-refractivity contribution in [2.75, 3.05) is 13.1 Å². The Labute approximate surface area is 128 Å². The number of halogens is 1. The molecule has 1 aliphatic heterocycles. The van der Waals surface area contributed by atoms with Gasteiger partial charge in [-0.15, -0.1) is 0 Å². The third-order valence-corrected chi connectivity index (χ3v) is 4.05. The Kier molecular flexibility index (Phi) is 4.68. The Morgan fingerprint density at radius 3 is 2.68 bits per heavy atom. The zero-order valence-corrected chi connectivity index (χ0v) is 12.7. The summed E-state index contributed by atoms with van der Waals surface area (Å²) in [5.74, 6) is -1.70. The van der Waals surface area contributed by atoms with Crippen LogP contribution < -0.4 is 4.74 Å². The molecule has 1 amide bonds. The molecule has 1 heterocycles. The van der Waals surface area contributed by atoms with E-state index in [1.807, 2.05) is 0 Å². The smallest absolute Gasteiger partial charge is 0.311 e. The van der Waals surface area contributed by atoms with Crippen LogP contribution in [0, 0.1) is 11.2 Å². The number of aliphatic carboxylic acids is 1. The number of carbonyl (C=O) groups is 2. The van der Waals surface area contributed by atoms with Crippen LogP contribution in [-0.4, -0.2) is 41.1 Å². The van der Waals surface area contributed by atoms with Crippen LogP contribution in [0.5, 0.6) is 5.75 Å². The molecule has 1 fully saturated rings. The molecule has 5 nitrogen and oxygen atoms in total. The first-order valence-electron chi connectivity index (χ1n) is 7.31. The van der Waals surface area contributed by atoms with Gasteiger partial charge in [0.05, 0.1) is 5.41 Å². The highest BCUT2D eigenvalue weighted by molar-refractivity contribution is 5.83. The molecule has 2 unspecified atom stereocenters. The van der Waals surface area contributed by atoms with Crippen molar-refractivity contribution >= 4 is 11.9 Å². The Bertz CT molecular complexity index is 577. The molecule has 0 radical (unpaired) electrons. The number of carboxylic acid groups (broad SMARTS) is 1. The maximum atomic E-state index is 13.6. The molecule has 0 aromatic heterocycles. The highest BCUT2D eigenvalue weighted by Crippen LogP contribution is 2.31. The molecule has 2 rings (SSSR count). The van der Waals surface area contributed by atoms with Gasteiger partial charge < -0.3 is 14.7 Å². The minimum absolute atomic E-state index is 0.0305. The molecule has 120 valence electrons. The van der Waals surface area contributed by atoms with Gasteiger partial charge in [0.1, 0.15) is 0 Å². The minimum atomic E-state index is -0.925. The molecule has 0 spiro atoms. The number of hydrogen-bond donors (Lipinski definition) is 1. The SMILES string of the molecule is CCC(Oc1ccccc1F)C(=O)N1CCC(C)(C(=O)O)C1. The second-order valence-electron chi connectivity index (χ2n) is 5.82. The Balaban J connectivity index is 2.07. The van der Waals surface area contributed by atoms with Gasteiger partial charge in [0.2, 0.25) is 0 Å². The van der Waals surface area contributed by atoms with Crippen molar-refractivity contribution in [1.82, 2.24) is 4.90 Å². The number of likely N-dealkylation sites (tertiary alicyclic amines) is 1. The van der Waals surface area contributed by atoms with Crippen LogP contribution in [-0.2, 0) is 9.59 Å². The summed E-state index contributed by atoms with van der Waals surface area (Å²) in [5, 5.41) is 9.22. The van der Waals surface area contributed by atoms with Crippen molar-refractivity contribution < 1.29 is 23.8 Å². The summed E-state index contributed by atoms with van der Waals surface area (Å²) in [6, 6.07) is 5.91. The topological polar surface area (TPSA) is 66.8 Å². The molecular weight excluding hydrogens is 289 g/mol. The second-order valence-corrected chi connectivity index (χ2v) is 5.82. The molecular formula is C16H20FNO4. The summed E-state index contributed by atoms with van der Waals surface area (Å²) in [6.45, 7) is 3.92. The van der Waals surface area contributed by atoms with E-state index >= 15 is 0 Å². The predicted molar refractivity (Wildman–Crippen MR) is 78.0 cm³/mol. The van der Waals surface area contributed by atoms with Crippen LogP contribution >= 0.6 is 0 Å². The average molecular weight is 309 g/mol. The van der Waals surface area contributed by atoms with E-state index in [4.69, 9.17) is 4.74 Å². The number of ether oxygens (including phenoxy) is 1. The zero-order valence-electron chi connectivity index (χ0n) is 12.7. The minimum Gasteiger partial charge on any atom is -0.481 e. The molecule has 0 bridgehead atoms. The highest BCUT2D eigenvalue weighted by atomic mass is 19.1. The van der Waals surface area contributed by atoms with Gasteiger partial charge in [0, 0.05) is 13.1 Å². The fourth-order valence-electron chi connectivity index (χ4n) is 2.53. The van der Waals surface area contributed by atoms with E-state index in [2.05, 4.69) is 0 Å². The number of amides is 1. The van der Waals surface area contributed by atoms with Gasteiger partial charge in [-0.2, -0.15) is 0 Å². The van der Waals surface area contributed by atoms with E-state index in [0.717, 1.165) is 0 Å². The lowest BCUT2D eigenvalue weighted by molar-refractivity contribution is -0.148. The van der Waals surface area contributed by atoms with Gasteiger partial charge in [0.15, 0.2) is 17.7 Å². The first kappa shape index (κ1) is 16.3. The molecule has 1 N–H and O–H groups in total. The van der Waals surface area contributed by atoms with Crippen LogP contribution in [0.25, 0.3) is 0 Å². The molecule has 1 aromatic rings. The number of rotatable bonds is 5. The van der Waals surface area contributed by atoms with E-state index in [-0.39, 0.29) is 18.2 Å². The summed E-state index contributed by atoms with van der Waals surface area (Å²) in [4.78, 5) is 25.2. The first-order valence-corrected chi connectivity index (χ1v) is 7.31. The second kappa shape index (κ2) is 6.34. The summed E-state index contributed by atoms with van der Waals surface area (Å²) in [7, 11) is 0. The molecule has 1 saturated heterocycles. The average Bonchev–Trinajstić information content (AvgIpc) is 2.90. The van der Waals surface area contributed by atoms with Crippen molar-refractivity contribution in [3.8, 4) is 5.75 Å². The molecule has 2 atom stereocenters. The van der Waals surface area contributed by atoms with Crippen LogP contribution in [0.1, 0.15) is 26.7 Å². The van der Waals surface area contributed by atoms with E-state index < -0.39 is 23.3 Å². The lowest BCUT2D eigenvalue weighted by Gasteiger charge is -2.25. The maximum Gasteiger partial charge on any atom is 0.311 e. The number of benzene rings is 1. The van der Waals surface area contributed by atoms with Crippen LogP contribution in [0.3, 0.4) is 0 Å². The summed E-state index contributed by atoms with van der Waals surface area (Å²) in [6.07, 6.45) is -0.0227. The number of hydrogen-bond acceptors (Lipinski definition) is 3. The van der Waals surface area contributed by atoms with Gasteiger partial charge in [-0.05, 0) is 31.9 Å². The fraction of sp³-hybridized carbons (Fsp3) is 0.500. The molecule has 1 aromatic carbocycles. The monoisotopic (exact) mass is 309 g/mol. The molecule has 0 saturated carbocycles. The van der Waals surface area contributed by atoms with E-state index in [1.165, 1.54) is 17.0 Å². The molecule has 0 aliphatic carbocycles. The van der Waals surface area contributed by atoms with Crippen molar-refractivity contribution in [3.63, 3.8) is 0 Å². The van der Waals surface area contributed by atoms with Crippen molar-refractivity contribution in [2.24, 2.45) is 5.41 Å². The normalized spacial score (nSPS) is 22.4. The predicted octanol–water partition coefficient (Wildman–Crippen LogP) is 2.31. The summed E-state index contributed by atoms with van der Waals surface area (Å²) >= 11 is 0. The molecule has 22 heavy (non-hydrogen) atoms. The van der Waals surface area contributed by atoms with Gasteiger partial charge in [-0.1, -0.05) is 19.1 Å². The van der Waals surface area contributed by atoms with Gasteiger partial charge >= 0.3 is 5.97 Å². The highest BCUT2D eigenvalue weighted by Gasteiger charge is 2.43. The largest absolute Gasteiger partial charge is 0.481 e. The Hall–Kier alpha value is -2.11. The third kappa shape index (κ3) is 3.21. The van der Waals surface area contributed by atoms with Gasteiger partial charge in [0.25, 0.3) is 5.91 Å². The third-order valence-electron chi connectivity index (χ3n) is 4.05. The standard InChI is InChI=1S/C16H20FNO4/c1-3-12(22-13-7-5-4-6-11(13)17)14(19)18-9-8-16(2,10-18)15(20)21/h4-7,12H,3,8-10H2,1-2H3,(H,20,21). The molecule has 1 aliphatic rings. The van der Waals surface area contributed by atoms with Crippen LogP contribution in [0.15, 0.2) is 24.3 Å². The van der Waals surface area contributed by atoms with Crippen LogP contribution in [0.2, 0.25) is 0 Å². The van der Waals surface area contributed by atoms with Crippen molar-refractivity contribution in [2.45, 2.75) is 32.8 Å². The Morgan fingerprint density at radius 2 is 2.14 bits per heavy atom. The van der Waals surface area contributed by atoms with E-state index in [0.29, 0.717) is 19.4 Å². The number of nitrogens with zero attached hydrogens (tertiary/aromatic N) is 1. The Morgan fingerprint density at radius 1 is 1.45 bits per heavy atom. The summed E-state index contributed by atoms with van der Waals surface area (Å²) in [5.41, 5.74) is -0.925. The van der Waals surface area contributed by atoms with E-state index in [1.54, 1.807) is 26.0 Å². The van der Waals surface area contributed by atoms with Crippen LogP contribution in [0.4, 0.5) is 4.39 Å². The van der Waals surface area contributed by atoms with Crippen molar-refractivity contribution in [3.05, 3.63) is 30.1 Å². The lowest BCUT2D eigenvalue weighted by atomic mass is 9.90.